The summed E-state index contributed by atoms with van der Waals surface area (Å²) in [6, 6.07) is 29.7. The Morgan fingerprint density at radius 2 is 1.16 bits per heavy atom. The van der Waals surface area contributed by atoms with Crippen LogP contribution in [-0.4, -0.2) is 14.2 Å². The summed E-state index contributed by atoms with van der Waals surface area (Å²) in [5, 5.41) is 0. The zero-order chi connectivity index (χ0) is 22.0. The smallest absolute Gasteiger partial charge is 0.213 e. The quantitative estimate of drug-likeness (QED) is 0.354. The molecule has 1 aliphatic heterocycles. The number of aryl methyl sites for hydroxylation is 2. The van der Waals surface area contributed by atoms with Gasteiger partial charge in [0.15, 0.2) is 18.2 Å². The topological polar surface area (TPSA) is 26.2 Å². The van der Waals surface area contributed by atoms with E-state index in [0.29, 0.717) is 6.42 Å². The molecule has 3 heterocycles. The zero-order valence-corrected chi connectivity index (χ0v) is 18.6. The van der Waals surface area contributed by atoms with Crippen molar-refractivity contribution in [2.24, 2.45) is 0 Å². The van der Waals surface area contributed by atoms with Gasteiger partial charge in [0.05, 0.1) is 5.56 Å². The van der Waals surface area contributed by atoms with E-state index in [4.69, 9.17) is 9.47 Å². The van der Waals surface area contributed by atoms with Crippen molar-refractivity contribution in [1.29, 1.82) is 0 Å². The number of hydrogen-bond acceptors (Lipinski definition) is 2. The maximum Gasteiger partial charge on any atom is 0.213 e. The van der Waals surface area contributed by atoms with E-state index in [1.165, 1.54) is 16.8 Å². The Morgan fingerprint density at radius 1 is 0.625 bits per heavy atom. The van der Waals surface area contributed by atoms with E-state index in [1.807, 2.05) is 0 Å². The molecule has 5 rings (SSSR count). The summed E-state index contributed by atoms with van der Waals surface area (Å²) in [6.07, 6.45) is 4.90. The summed E-state index contributed by atoms with van der Waals surface area (Å²) >= 11 is 0. The molecule has 0 aliphatic carbocycles. The average molecular weight is 425 g/mol. The van der Waals surface area contributed by atoms with Gasteiger partial charge in [0, 0.05) is 56.0 Å². The number of benzene rings is 2. The molecule has 2 aromatic carbocycles. The van der Waals surface area contributed by atoms with Crippen LogP contribution in [0.5, 0.6) is 0 Å². The third-order valence-corrected chi connectivity index (χ3v) is 6.45. The molecule has 0 fully saturated rings. The summed E-state index contributed by atoms with van der Waals surface area (Å²) < 4.78 is 17.0. The summed E-state index contributed by atoms with van der Waals surface area (Å²) in [5.41, 5.74) is 6.87. The van der Waals surface area contributed by atoms with Crippen molar-refractivity contribution in [2.75, 3.05) is 14.2 Å². The van der Waals surface area contributed by atoms with Crippen molar-refractivity contribution in [3.63, 3.8) is 0 Å². The summed E-state index contributed by atoms with van der Waals surface area (Å²) in [5.74, 6) is -0.917. The van der Waals surface area contributed by atoms with Crippen molar-refractivity contribution in [3.05, 3.63) is 108 Å². The van der Waals surface area contributed by atoms with Crippen molar-refractivity contribution in [2.45, 2.75) is 25.3 Å². The molecular formula is C28H28N2O2+2. The standard InChI is InChI=1S/C28H28N2O2/c1-31-28(32-2)21-22-11-3-4-12-23(22)26-15-7-9-17-29(26)19-20-30-18-10-8-16-27(30)24-13-5-6-14-25(24)28/h3-18H,19-21H2,1-2H3/q+2. The van der Waals surface area contributed by atoms with Crippen LogP contribution in [0.4, 0.5) is 0 Å². The molecule has 0 unspecified atom stereocenters. The highest BCUT2D eigenvalue weighted by atomic mass is 16.7. The Labute approximate surface area is 189 Å². The molecule has 0 saturated carbocycles. The number of hydrogen-bond donors (Lipinski definition) is 0. The van der Waals surface area contributed by atoms with Gasteiger partial charge in [-0.1, -0.05) is 36.4 Å². The Balaban J connectivity index is 1.81. The SMILES string of the molecule is COC1(OC)Cc2ccccc2-c2cccc[n+]2CC[n+]2ccccc2-c2ccccc21. The number of fused-ring (bicyclic) bond motifs is 6. The molecule has 1 aliphatic rings. The molecule has 32 heavy (non-hydrogen) atoms. The van der Waals surface area contributed by atoms with Crippen LogP contribution >= 0.6 is 0 Å². The maximum atomic E-state index is 6.18. The molecule has 0 spiro atoms. The molecule has 0 radical (unpaired) electrons. The predicted octanol–water partition coefficient (Wildman–Crippen LogP) is 4.30. The van der Waals surface area contributed by atoms with Crippen molar-refractivity contribution >= 4 is 0 Å². The van der Waals surface area contributed by atoms with Gasteiger partial charge in [-0.15, -0.1) is 0 Å². The second kappa shape index (κ2) is 8.65. The van der Waals surface area contributed by atoms with Crippen LogP contribution in [-0.2, 0) is 34.8 Å². The zero-order valence-electron chi connectivity index (χ0n) is 18.6. The van der Waals surface area contributed by atoms with Gasteiger partial charge in [-0.3, -0.25) is 0 Å². The molecule has 4 nitrogen and oxygen atoms in total. The van der Waals surface area contributed by atoms with Crippen LogP contribution < -0.4 is 9.13 Å². The fourth-order valence-corrected chi connectivity index (χ4v) is 4.80. The molecule has 4 aromatic rings. The first-order valence-electron chi connectivity index (χ1n) is 11.0. The van der Waals surface area contributed by atoms with Gasteiger partial charge in [0.25, 0.3) is 0 Å². The van der Waals surface area contributed by atoms with Crippen LogP contribution in [0.25, 0.3) is 22.5 Å². The van der Waals surface area contributed by atoms with E-state index < -0.39 is 5.79 Å². The van der Waals surface area contributed by atoms with Gasteiger partial charge in [0.1, 0.15) is 0 Å². The number of pyridine rings is 2. The largest absolute Gasteiger partial charge is 0.349 e. The van der Waals surface area contributed by atoms with Crippen LogP contribution in [0, 0.1) is 0 Å². The fourth-order valence-electron chi connectivity index (χ4n) is 4.80. The molecule has 0 amide bonds. The third-order valence-electron chi connectivity index (χ3n) is 6.45. The Morgan fingerprint density at radius 3 is 1.81 bits per heavy atom. The van der Waals surface area contributed by atoms with Crippen LogP contribution in [0.1, 0.15) is 11.1 Å². The number of methoxy groups -OCH3 is 2. The minimum atomic E-state index is -0.917. The van der Waals surface area contributed by atoms with Crippen molar-refractivity contribution in [1.82, 2.24) is 0 Å². The lowest BCUT2D eigenvalue weighted by Gasteiger charge is -2.33. The minimum Gasteiger partial charge on any atom is -0.349 e. The Bertz CT molecular complexity index is 1240. The van der Waals surface area contributed by atoms with Crippen LogP contribution in [0.15, 0.2) is 97.3 Å². The summed E-state index contributed by atoms with van der Waals surface area (Å²) in [4.78, 5) is 0. The monoisotopic (exact) mass is 424 g/mol. The average Bonchev–Trinajstić information content (AvgIpc) is 2.86. The van der Waals surface area contributed by atoms with Gasteiger partial charge in [0.2, 0.25) is 24.5 Å². The van der Waals surface area contributed by atoms with Gasteiger partial charge < -0.3 is 9.47 Å². The Hall–Kier alpha value is -3.34. The normalized spacial score (nSPS) is 14.7. The van der Waals surface area contributed by atoms with E-state index in [0.717, 1.165) is 29.9 Å². The number of aromatic nitrogens is 2. The highest BCUT2D eigenvalue weighted by Gasteiger charge is 2.38. The van der Waals surface area contributed by atoms with E-state index in [9.17, 15) is 0 Å². The fraction of sp³-hybridized carbons (Fsp3) is 0.214. The van der Waals surface area contributed by atoms with Crippen LogP contribution in [0.2, 0.25) is 0 Å². The minimum absolute atomic E-state index is 0.592. The lowest BCUT2D eigenvalue weighted by Crippen LogP contribution is -2.47. The van der Waals surface area contributed by atoms with E-state index in [-0.39, 0.29) is 0 Å². The van der Waals surface area contributed by atoms with Crippen molar-refractivity contribution < 1.29 is 18.6 Å². The lowest BCUT2D eigenvalue weighted by atomic mass is 9.89. The molecule has 2 aromatic heterocycles. The highest BCUT2D eigenvalue weighted by molar-refractivity contribution is 5.64. The van der Waals surface area contributed by atoms with Crippen LogP contribution in [0.3, 0.4) is 0 Å². The van der Waals surface area contributed by atoms with E-state index in [2.05, 4.69) is 106 Å². The molecule has 0 bridgehead atoms. The van der Waals surface area contributed by atoms with Crippen molar-refractivity contribution in [3.8, 4) is 22.5 Å². The van der Waals surface area contributed by atoms with E-state index >= 15 is 0 Å². The maximum absolute atomic E-state index is 6.18. The first kappa shape index (κ1) is 20.6. The molecular weight excluding hydrogens is 396 g/mol. The molecule has 0 atom stereocenters. The second-order valence-corrected chi connectivity index (χ2v) is 8.10. The number of nitrogens with zero attached hydrogens (tertiary/aromatic N) is 2. The Kier molecular flexibility index (Phi) is 5.56. The number of ether oxygens (including phenoxy) is 2. The summed E-state index contributed by atoms with van der Waals surface area (Å²) in [6.45, 7) is 1.72. The lowest BCUT2D eigenvalue weighted by molar-refractivity contribution is -0.768. The second-order valence-electron chi connectivity index (χ2n) is 8.10. The van der Waals surface area contributed by atoms with Gasteiger partial charge in [-0.05, 0) is 29.8 Å². The molecule has 160 valence electrons. The first-order chi connectivity index (χ1) is 15.8. The predicted molar refractivity (Wildman–Crippen MR) is 124 cm³/mol. The molecule has 4 heteroatoms. The van der Waals surface area contributed by atoms with Gasteiger partial charge in [-0.25, -0.2) is 0 Å². The highest BCUT2D eigenvalue weighted by Crippen LogP contribution is 2.38. The number of rotatable bonds is 2. The molecule has 0 saturated heterocycles. The van der Waals surface area contributed by atoms with Gasteiger partial charge in [-0.2, -0.15) is 9.13 Å². The summed E-state index contributed by atoms with van der Waals surface area (Å²) in [7, 11) is 3.47. The third kappa shape index (κ3) is 3.52. The first-order valence-corrected chi connectivity index (χ1v) is 11.0. The van der Waals surface area contributed by atoms with E-state index in [1.54, 1.807) is 14.2 Å². The van der Waals surface area contributed by atoms with Gasteiger partial charge >= 0.3 is 0 Å². The molecule has 0 N–H and O–H groups in total.